The van der Waals surface area contributed by atoms with Gasteiger partial charge in [-0.1, -0.05) is 27.7 Å². The van der Waals surface area contributed by atoms with E-state index in [1.54, 1.807) is 0 Å². The van der Waals surface area contributed by atoms with Crippen LogP contribution in [0.15, 0.2) is 0 Å². The van der Waals surface area contributed by atoms with Crippen LogP contribution in [0.4, 0.5) is 0 Å². The number of nitrogens with zero attached hydrogens (tertiary/aromatic N) is 1. The van der Waals surface area contributed by atoms with Crippen molar-refractivity contribution in [2.75, 3.05) is 19.8 Å². The Morgan fingerprint density at radius 1 is 1.35 bits per heavy atom. The molecular formula is C16H30N2O2. The Morgan fingerprint density at radius 2 is 2.10 bits per heavy atom. The molecule has 0 aromatic heterocycles. The van der Waals surface area contributed by atoms with Crippen LogP contribution < -0.4 is 5.32 Å². The van der Waals surface area contributed by atoms with Crippen molar-refractivity contribution < 1.29 is 9.53 Å². The monoisotopic (exact) mass is 282 g/mol. The molecule has 2 saturated heterocycles. The highest BCUT2D eigenvalue weighted by Crippen LogP contribution is 2.24. The number of carbonyl (C=O) groups is 1. The van der Waals surface area contributed by atoms with Crippen LogP contribution in [0.5, 0.6) is 0 Å². The SMILES string of the molecule is CC(C)CC1NC(C(C)C)C(=O)N1CC1CCCOC1. The molecule has 3 unspecified atom stereocenters. The fourth-order valence-corrected chi connectivity index (χ4v) is 3.27. The molecule has 3 atom stereocenters. The van der Waals surface area contributed by atoms with Crippen molar-refractivity contribution in [2.24, 2.45) is 17.8 Å². The molecule has 1 amide bonds. The summed E-state index contributed by atoms with van der Waals surface area (Å²) < 4.78 is 5.56. The van der Waals surface area contributed by atoms with E-state index in [1.165, 1.54) is 6.42 Å². The average Bonchev–Trinajstić information content (AvgIpc) is 2.68. The first-order valence-corrected chi connectivity index (χ1v) is 8.13. The molecule has 0 aliphatic carbocycles. The Morgan fingerprint density at radius 3 is 2.65 bits per heavy atom. The van der Waals surface area contributed by atoms with Crippen molar-refractivity contribution in [1.82, 2.24) is 10.2 Å². The topological polar surface area (TPSA) is 41.6 Å². The lowest BCUT2D eigenvalue weighted by molar-refractivity contribution is -0.132. The van der Waals surface area contributed by atoms with Crippen LogP contribution in [0.25, 0.3) is 0 Å². The molecule has 2 aliphatic rings. The highest BCUT2D eigenvalue weighted by molar-refractivity contribution is 5.84. The van der Waals surface area contributed by atoms with Crippen LogP contribution in [0.2, 0.25) is 0 Å². The van der Waals surface area contributed by atoms with Crippen molar-refractivity contribution in [3.8, 4) is 0 Å². The van der Waals surface area contributed by atoms with Crippen molar-refractivity contribution in [3.05, 3.63) is 0 Å². The van der Waals surface area contributed by atoms with E-state index in [0.717, 1.165) is 32.6 Å². The minimum absolute atomic E-state index is 0.0109. The summed E-state index contributed by atoms with van der Waals surface area (Å²) in [5, 5.41) is 3.55. The minimum Gasteiger partial charge on any atom is -0.381 e. The van der Waals surface area contributed by atoms with E-state index in [1.807, 2.05) is 0 Å². The third kappa shape index (κ3) is 3.73. The Balaban J connectivity index is 2.02. The van der Waals surface area contributed by atoms with E-state index in [4.69, 9.17) is 4.74 Å². The first-order chi connectivity index (χ1) is 9.49. The second kappa shape index (κ2) is 6.90. The zero-order chi connectivity index (χ0) is 14.7. The van der Waals surface area contributed by atoms with Crippen molar-refractivity contribution in [3.63, 3.8) is 0 Å². The average molecular weight is 282 g/mol. The molecule has 4 heteroatoms. The molecule has 116 valence electrons. The van der Waals surface area contributed by atoms with Gasteiger partial charge in [0.25, 0.3) is 0 Å². The van der Waals surface area contributed by atoms with Gasteiger partial charge < -0.3 is 9.64 Å². The third-order valence-corrected chi connectivity index (χ3v) is 4.37. The van der Waals surface area contributed by atoms with E-state index < -0.39 is 0 Å². The lowest BCUT2D eigenvalue weighted by atomic mass is 10.00. The Hall–Kier alpha value is -0.610. The van der Waals surface area contributed by atoms with Gasteiger partial charge in [0.15, 0.2) is 0 Å². The summed E-state index contributed by atoms with van der Waals surface area (Å²) in [7, 11) is 0. The van der Waals surface area contributed by atoms with Gasteiger partial charge in [-0.25, -0.2) is 0 Å². The molecule has 0 aromatic carbocycles. The largest absolute Gasteiger partial charge is 0.381 e. The third-order valence-electron chi connectivity index (χ3n) is 4.37. The second-order valence-corrected chi connectivity index (χ2v) is 7.11. The number of nitrogens with one attached hydrogen (secondary N) is 1. The Kier molecular flexibility index (Phi) is 5.44. The van der Waals surface area contributed by atoms with Crippen LogP contribution in [-0.4, -0.2) is 42.8 Å². The molecule has 0 spiro atoms. The summed E-state index contributed by atoms with van der Waals surface area (Å²) in [4.78, 5) is 14.7. The molecule has 0 radical (unpaired) electrons. The Bertz CT molecular complexity index is 324. The molecule has 1 N–H and O–H groups in total. The highest BCUT2D eigenvalue weighted by atomic mass is 16.5. The fraction of sp³-hybridized carbons (Fsp3) is 0.938. The van der Waals surface area contributed by atoms with Gasteiger partial charge in [-0.15, -0.1) is 0 Å². The van der Waals surface area contributed by atoms with E-state index in [-0.39, 0.29) is 18.1 Å². The summed E-state index contributed by atoms with van der Waals surface area (Å²) in [5.74, 6) is 1.74. The maximum Gasteiger partial charge on any atom is 0.241 e. The molecule has 4 nitrogen and oxygen atoms in total. The Labute approximate surface area is 123 Å². The van der Waals surface area contributed by atoms with Crippen LogP contribution in [0.3, 0.4) is 0 Å². The summed E-state index contributed by atoms with van der Waals surface area (Å²) in [6, 6.07) is -0.0109. The molecule has 2 heterocycles. The standard InChI is InChI=1S/C16H30N2O2/c1-11(2)8-14-17-15(12(3)4)16(19)18(14)9-13-6-5-7-20-10-13/h11-15,17H,5-10H2,1-4H3. The minimum atomic E-state index is -0.0109. The number of rotatable bonds is 5. The fourth-order valence-electron chi connectivity index (χ4n) is 3.27. The first-order valence-electron chi connectivity index (χ1n) is 8.13. The number of ether oxygens (including phenoxy) is 1. The van der Waals surface area contributed by atoms with Crippen molar-refractivity contribution in [2.45, 2.75) is 59.2 Å². The molecule has 2 aliphatic heterocycles. The van der Waals surface area contributed by atoms with Gasteiger partial charge in [-0.3, -0.25) is 10.1 Å². The second-order valence-electron chi connectivity index (χ2n) is 7.11. The number of hydrogen-bond donors (Lipinski definition) is 1. The number of hydrogen-bond acceptors (Lipinski definition) is 3. The lowest BCUT2D eigenvalue weighted by Gasteiger charge is -2.31. The zero-order valence-corrected chi connectivity index (χ0v) is 13.4. The molecule has 20 heavy (non-hydrogen) atoms. The van der Waals surface area contributed by atoms with Crippen LogP contribution in [0, 0.1) is 17.8 Å². The number of carbonyl (C=O) groups excluding carboxylic acids is 1. The van der Waals surface area contributed by atoms with Gasteiger partial charge in [0.2, 0.25) is 5.91 Å². The van der Waals surface area contributed by atoms with Crippen LogP contribution in [-0.2, 0) is 9.53 Å². The molecule has 2 fully saturated rings. The van der Waals surface area contributed by atoms with Gasteiger partial charge >= 0.3 is 0 Å². The van der Waals surface area contributed by atoms with Gasteiger partial charge in [0.05, 0.1) is 18.8 Å². The maximum atomic E-state index is 12.6. The summed E-state index contributed by atoms with van der Waals surface area (Å²) in [6.45, 7) is 11.2. The van der Waals surface area contributed by atoms with E-state index in [0.29, 0.717) is 17.8 Å². The van der Waals surface area contributed by atoms with Gasteiger partial charge in [0.1, 0.15) is 0 Å². The molecular weight excluding hydrogens is 252 g/mol. The van der Waals surface area contributed by atoms with E-state index >= 15 is 0 Å². The van der Waals surface area contributed by atoms with Crippen LogP contribution in [0.1, 0.15) is 47.0 Å². The summed E-state index contributed by atoms with van der Waals surface area (Å²) in [6.07, 6.45) is 3.55. The smallest absolute Gasteiger partial charge is 0.241 e. The summed E-state index contributed by atoms with van der Waals surface area (Å²) in [5.41, 5.74) is 0. The van der Waals surface area contributed by atoms with Gasteiger partial charge in [-0.05, 0) is 31.1 Å². The van der Waals surface area contributed by atoms with E-state index in [2.05, 4.69) is 37.9 Å². The molecule has 0 aromatic rings. The van der Waals surface area contributed by atoms with Crippen molar-refractivity contribution >= 4 is 5.91 Å². The molecule has 2 rings (SSSR count). The van der Waals surface area contributed by atoms with Crippen molar-refractivity contribution in [1.29, 1.82) is 0 Å². The maximum absolute atomic E-state index is 12.6. The quantitative estimate of drug-likeness (QED) is 0.841. The first kappa shape index (κ1) is 15.8. The molecule has 0 bridgehead atoms. The predicted molar refractivity (Wildman–Crippen MR) is 80.3 cm³/mol. The van der Waals surface area contributed by atoms with Gasteiger partial charge in [-0.2, -0.15) is 0 Å². The predicted octanol–water partition coefficient (Wildman–Crippen LogP) is 2.24. The normalized spacial score (nSPS) is 31.6. The summed E-state index contributed by atoms with van der Waals surface area (Å²) >= 11 is 0. The zero-order valence-electron chi connectivity index (χ0n) is 13.4. The lowest BCUT2D eigenvalue weighted by Crippen LogP contribution is -2.42. The highest BCUT2D eigenvalue weighted by Gasteiger charge is 2.41. The molecule has 0 saturated carbocycles. The van der Waals surface area contributed by atoms with Crippen LogP contribution >= 0.6 is 0 Å². The van der Waals surface area contributed by atoms with E-state index in [9.17, 15) is 4.79 Å². The van der Waals surface area contributed by atoms with Gasteiger partial charge in [0, 0.05) is 19.1 Å². The number of amides is 1.